The highest BCUT2D eigenvalue weighted by Gasteiger charge is 2.29. The zero-order chi connectivity index (χ0) is 12.2. The van der Waals surface area contributed by atoms with E-state index in [4.69, 9.17) is 6.42 Å². The highest BCUT2D eigenvalue weighted by molar-refractivity contribution is 5.87. The lowest BCUT2D eigenvalue weighted by Gasteiger charge is -2.25. The number of carbonyl (C=O) groups is 1. The number of benzene rings is 1. The minimum atomic E-state index is -0.563. The summed E-state index contributed by atoms with van der Waals surface area (Å²) in [5, 5.41) is 2.79. The fourth-order valence-electron chi connectivity index (χ4n) is 1.40. The first-order valence-electron chi connectivity index (χ1n) is 5.31. The topological polar surface area (TPSA) is 29.1 Å². The van der Waals surface area contributed by atoms with E-state index in [0.717, 1.165) is 5.56 Å². The summed E-state index contributed by atoms with van der Waals surface area (Å²) in [7, 11) is 0. The summed E-state index contributed by atoms with van der Waals surface area (Å²) in [6, 6.07) is 9.43. The normalized spacial score (nSPS) is 12.6. The van der Waals surface area contributed by atoms with E-state index in [2.05, 4.69) is 11.2 Å². The Morgan fingerprint density at radius 1 is 1.38 bits per heavy atom. The quantitative estimate of drug-likeness (QED) is 0.769. The van der Waals surface area contributed by atoms with Gasteiger partial charge in [0.05, 0.1) is 11.5 Å². The first-order valence-corrected chi connectivity index (χ1v) is 5.31. The van der Waals surface area contributed by atoms with Crippen molar-refractivity contribution < 1.29 is 4.79 Å². The molecule has 1 unspecified atom stereocenters. The summed E-state index contributed by atoms with van der Waals surface area (Å²) >= 11 is 0. The molecular weight excluding hydrogens is 198 g/mol. The Morgan fingerprint density at radius 3 is 2.44 bits per heavy atom. The molecule has 1 N–H and O–H groups in total. The molecule has 1 amide bonds. The second kappa shape index (κ2) is 4.85. The van der Waals surface area contributed by atoms with Crippen LogP contribution in [0.25, 0.3) is 0 Å². The summed E-state index contributed by atoms with van der Waals surface area (Å²) in [6.45, 7) is 5.57. The molecule has 0 saturated carbocycles. The van der Waals surface area contributed by atoms with Crippen LogP contribution in [-0.2, 0) is 10.2 Å². The van der Waals surface area contributed by atoms with E-state index in [-0.39, 0.29) is 11.9 Å². The maximum atomic E-state index is 12.0. The number of hydrogen-bond acceptors (Lipinski definition) is 1. The molecule has 0 heterocycles. The third-order valence-corrected chi connectivity index (χ3v) is 2.66. The number of nitrogens with one attached hydrogen (secondary N) is 1. The first-order chi connectivity index (χ1) is 7.48. The highest BCUT2D eigenvalue weighted by atomic mass is 16.2. The minimum Gasteiger partial charge on any atom is -0.342 e. The lowest BCUT2D eigenvalue weighted by atomic mass is 9.83. The number of hydrogen-bond donors (Lipinski definition) is 1. The fraction of sp³-hybridized carbons (Fsp3) is 0.357. The number of amides is 1. The average Bonchev–Trinajstić information content (AvgIpc) is 2.29. The second-order valence-corrected chi connectivity index (χ2v) is 4.35. The fourth-order valence-corrected chi connectivity index (χ4v) is 1.40. The molecule has 0 radical (unpaired) electrons. The summed E-state index contributed by atoms with van der Waals surface area (Å²) < 4.78 is 0. The van der Waals surface area contributed by atoms with Crippen LogP contribution in [0, 0.1) is 12.3 Å². The molecular formula is C14H17NO. The SMILES string of the molecule is C#CC(C)NC(=O)C(C)(C)c1ccccc1. The van der Waals surface area contributed by atoms with Crippen LogP contribution in [0.3, 0.4) is 0 Å². The number of terminal acetylenes is 1. The monoisotopic (exact) mass is 215 g/mol. The molecule has 0 bridgehead atoms. The largest absolute Gasteiger partial charge is 0.342 e. The smallest absolute Gasteiger partial charge is 0.231 e. The predicted octanol–water partition coefficient (Wildman–Crippen LogP) is 2.10. The van der Waals surface area contributed by atoms with Crippen LogP contribution in [0.1, 0.15) is 26.3 Å². The molecule has 84 valence electrons. The lowest BCUT2D eigenvalue weighted by molar-refractivity contribution is -0.125. The van der Waals surface area contributed by atoms with Gasteiger partial charge in [0.15, 0.2) is 0 Å². The van der Waals surface area contributed by atoms with Crippen molar-refractivity contribution in [1.29, 1.82) is 0 Å². The Balaban J connectivity index is 2.87. The summed E-state index contributed by atoms with van der Waals surface area (Å²) in [4.78, 5) is 12.0. The van der Waals surface area contributed by atoms with Gasteiger partial charge in [0.1, 0.15) is 0 Å². The Morgan fingerprint density at radius 2 is 1.94 bits per heavy atom. The van der Waals surface area contributed by atoms with E-state index in [9.17, 15) is 4.79 Å². The van der Waals surface area contributed by atoms with Crippen molar-refractivity contribution in [2.24, 2.45) is 0 Å². The predicted molar refractivity (Wildman–Crippen MR) is 65.9 cm³/mol. The third kappa shape index (κ3) is 2.64. The van der Waals surface area contributed by atoms with Crippen molar-refractivity contribution in [3.63, 3.8) is 0 Å². The molecule has 16 heavy (non-hydrogen) atoms. The number of rotatable bonds is 3. The molecule has 1 aromatic carbocycles. The Hall–Kier alpha value is -1.75. The van der Waals surface area contributed by atoms with Crippen LogP contribution in [0.2, 0.25) is 0 Å². The van der Waals surface area contributed by atoms with Crippen molar-refractivity contribution in [2.75, 3.05) is 0 Å². The second-order valence-electron chi connectivity index (χ2n) is 4.35. The maximum absolute atomic E-state index is 12.0. The van der Waals surface area contributed by atoms with Crippen LogP contribution in [0.5, 0.6) is 0 Å². The van der Waals surface area contributed by atoms with Gasteiger partial charge in [0.2, 0.25) is 5.91 Å². The third-order valence-electron chi connectivity index (χ3n) is 2.66. The van der Waals surface area contributed by atoms with Gasteiger partial charge < -0.3 is 5.32 Å². The van der Waals surface area contributed by atoms with Crippen LogP contribution in [0.15, 0.2) is 30.3 Å². The van der Waals surface area contributed by atoms with Gasteiger partial charge in [-0.1, -0.05) is 36.3 Å². The molecule has 2 nitrogen and oxygen atoms in total. The van der Waals surface area contributed by atoms with Gasteiger partial charge in [-0.05, 0) is 26.3 Å². The average molecular weight is 215 g/mol. The van der Waals surface area contributed by atoms with Crippen LogP contribution in [0.4, 0.5) is 0 Å². The summed E-state index contributed by atoms with van der Waals surface area (Å²) in [5.74, 6) is 2.44. The molecule has 0 aliphatic heterocycles. The van der Waals surface area contributed by atoms with Gasteiger partial charge in [-0.2, -0.15) is 0 Å². The summed E-state index contributed by atoms with van der Waals surface area (Å²) in [5.41, 5.74) is 0.420. The first kappa shape index (κ1) is 12.3. The van der Waals surface area contributed by atoms with Gasteiger partial charge in [0, 0.05) is 0 Å². The van der Waals surface area contributed by atoms with Crippen molar-refractivity contribution in [3.8, 4) is 12.3 Å². The van der Waals surface area contributed by atoms with Gasteiger partial charge in [-0.3, -0.25) is 4.79 Å². The molecule has 1 aromatic rings. The van der Waals surface area contributed by atoms with Crippen molar-refractivity contribution in [2.45, 2.75) is 32.2 Å². The number of carbonyl (C=O) groups excluding carboxylic acids is 1. The van der Waals surface area contributed by atoms with E-state index in [1.807, 2.05) is 44.2 Å². The zero-order valence-electron chi connectivity index (χ0n) is 9.95. The molecule has 1 atom stereocenters. The van der Waals surface area contributed by atoms with Gasteiger partial charge in [-0.25, -0.2) is 0 Å². The Labute approximate surface area is 97.1 Å². The van der Waals surface area contributed by atoms with Crippen LogP contribution in [-0.4, -0.2) is 11.9 Å². The van der Waals surface area contributed by atoms with E-state index in [1.54, 1.807) is 6.92 Å². The van der Waals surface area contributed by atoms with Gasteiger partial charge >= 0.3 is 0 Å². The Kier molecular flexibility index (Phi) is 3.73. The lowest BCUT2D eigenvalue weighted by Crippen LogP contribution is -2.43. The van der Waals surface area contributed by atoms with E-state index in [1.165, 1.54) is 0 Å². The molecule has 0 aromatic heterocycles. The Bertz CT molecular complexity index is 400. The zero-order valence-corrected chi connectivity index (χ0v) is 9.95. The summed E-state index contributed by atoms with van der Waals surface area (Å²) in [6.07, 6.45) is 5.24. The van der Waals surface area contributed by atoms with Gasteiger partial charge in [-0.15, -0.1) is 6.42 Å². The maximum Gasteiger partial charge on any atom is 0.231 e. The van der Waals surface area contributed by atoms with E-state index in [0.29, 0.717) is 0 Å². The molecule has 0 fully saturated rings. The standard InChI is InChI=1S/C14H17NO/c1-5-11(2)15-13(16)14(3,4)12-9-7-6-8-10-12/h1,6-11H,2-4H3,(H,15,16). The van der Waals surface area contributed by atoms with Crippen molar-refractivity contribution >= 4 is 5.91 Å². The van der Waals surface area contributed by atoms with Crippen LogP contribution < -0.4 is 5.32 Å². The molecule has 0 aliphatic rings. The van der Waals surface area contributed by atoms with E-state index < -0.39 is 5.41 Å². The molecule has 1 rings (SSSR count). The van der Waals surface area contributed by atoms with Crippen molar-refractivity contribution in [1.82, 2.24) is 5.32 Å². The molecule has 0 spiro atoms. The highest BCUT2D eigenvalue weighted by Crippen LogP contribution is 2.22. The molecule has 0 saturated heterocycles. The van der Waals surface area contributed by atoms with E-state index >= 15 is 0 Å². The van der Waals surface area contributed by atoms with Crippen molar-refractivity contribution in [3.05, 3.63) is 35.9 Å². The van der Waals surface area contributed by atoms with Gasteiger partial charge in [0.25, 0.3) is 0 Å². The molecule has 2 heteroatoms. The minimum absolute atomic E-state index is 0.0517. The molecule has 0 aliphatic carbocycles. The van der Waals surface area contributed by atoms with Crippen LogP contribution >= 0.6 is 0 Å².